The second-order valence-corrected chi connectivity index (χ2v) is 5.43. The maximum absolute atomic E-state index is 12.6. The predicted octanol–water partition coefficient (Wildman–Crippen LogP) is 3.81. The first-order chi connectivity index (χ1) is 9.70. The highest BCUT2D eigenvalue weighted by Crippen LogP contribution is 2.38. The molecule has 2 aromatic rings. The zero-order valence-corrected chi connectivity index (χ0v) is 12.2. The molecule has 1 aliphatic rings. The smallest absolute Gasteiger partial charge is 0.262 e. The van der Waals surface area contributed by atoms with Gasteiger partial charge in [-0.05, 0) is 30.5 Å². The molecule has 0 bridgehead atoms. The number of aromatic nitrogens is 1. The molecule has 0 atom stereocenters. The molecule has 0 N–H and O–H groups in total. The Bertz CT molecular complexity index is 678. The van der Waals surface area contributed by atoms with Gasteiger partial charge in [0.1, 0.15) is 16.6 Å². The molecule has 6 heteroatoms. The summed E-state index contributed by atoms with van der Waals surface area (Å²) >= 11 is 7.47. The van der Waals surface area contributed by atoms with Crippen LogP contribution in [0.25, 0.3) is 0 Å². The number of amides is 1. The lowest BCUT2D eigenvalue weighted by Crippen LogP contribution is -2.29. The summed E-state index contributed by atoms with van der Waals surface area (Å²) in [4.78, 5) is 18.5. The molecule has 2 heterocycles. The van der Waals surface area contributed by atoms with Gasteiger partial charge in [0.15, 0.2) is 0 Å². The van der Waals surface area contributed by atoms with Crippen molar-refractivity contribution in [3.8, 4) is 11.6 Å². The van der Waals surface area contributed by atoms with Crippen LogP contribution in [0.4, 0.5) is 5.69 Å². The molecule has 0 aliphatic carbocycles. The number of halogens is 1. The third-order valence-electron chi connectivity index (χ3n) is 2.92. The fourth-order valence-corrected chi connectivity index (χ4v) is 2.69. The molecule has 0 spiro atoms. The number of anilines is 1. The summed E-state index contributed by atoms with van der Waals surface area (Å²) in [6.07, 6.45) is 1.94. The quantitative estimate of drug-likeness (QED) is 0.791. The molecule has 0 unspecified atom stereocenters. The van der Waals surface area contributed by atoms with Crippen molar-refractivity contribution in [2.24, 2.45) is 0 Å². The van der Waals surface area contributed by atoms with Gasteiger partial charge in [-0.25, -0.2) is 0 Å². The van der Waals surface area contributed by atoms with Crippen LogP contribution in [0.1, 0.15) is 10.4 Å². The molecule has 0 radical (unpaired) electrons. The Hall–Kier alpha value is -1.72. The fraction of sp³-hybridized carbons (Fsp3) is 0.143. The molecule has 20 heavy (non-hydrogen) atoms. The predicted molar refractivity (Wildman–Crippen MR) is 81.0 cm³/mol. The zero-order chi connectivity index (χ0) is 14.1. The van der Waals surface area contributed by atoms with Gasteiger partial charge in [-0.3, -0.25) is 9.69 Å². The molecule has 0 saturated heterocycles. The lowest BCUT2D eigenvalue weighted by molar-refractivity contribution is 0.0992. The Labute approximate surface area is 125 Å². The third-order valence-corrected chi connectivity index (χ3v) is 3.65. The molecule has 3 rings (SSSR count). The standard InChI is InChI=1S/C14H11ClN2O2S/c1-20-8-17-10-6-7-12(15)16-13(10)19-11-5-3-2-4-9(11)14(17)18/h2-7H,8H2,1H3. The van der Waals surface area contributed by atoms with Gasteiger partial charge in [0.2, 0.25) is 5.88 Å². The van der Waals surface area contributed by atoms with Gasteiger partial charge in [-0.15, -0.1) is 11.8 Å². The van der Waals surface area contributed by atoms with Crippen LogP contribution in [0.15, 0.2) is 36.4 Å². The van der Waals surface area contributed by atoms with Crippen LogP contribution < -0.4 is 9.64 Å². The van der Waals surface area contributed by atoms with Gasteiger partial charge >= 0.3 is 0 Å². The van der Waals surface area contributed by atoms with E-state index in [2.05, 4.69) is 4.98 Å². The average Bonchev–Trinajstić information content (AvgIpc) is 2.55. The van der Waals surface area contributed by atoms with E-state index in [1.807, 2.05) is 18.4 Å². The third kappa shape index (κ3) is 2.23. The Balaban J connectivity index is 2.20. The van der Waals surface area contributed by atoms with Gasteiger partial charge in [0.05, 0.1) is 11.4 Å². The number of pyridine rings is 1. The van der Waals surface area contributed by atoms with E-state index in [4.69, 9.17) is 16.3 Å². The Morgan fingerprint density at radius 1 is 1.30 bits per heavy atom. The second kappa shape index (κ2) is 5.34. The number of rotatable bonds is 2. The summed E-state index contributed by atoms with van der Waals surface area (Å²) in [6, 6.07) is 10.5. The van der Waals surface area contributed by atoms with Gasteiger partial charge in [0, 0.05) is 0 Å². The number of para-hydroxylation sites is 1. The lowest BCUT2D eigenvalue weighted by Gasteiger charge is -2.20. The van der Waals surface area contributed by atoms with Crippen LogP contribution in [0.2, 0.25) is 5.15 Å². The van der Waals surface area contributed by atoms with Crippen molar-refractivity contribution >= 4 is 35.0 Å². The fourth-order valence-electron chi connectivity index (χ4n) is 2.04. The topological polar surface area (TPSA) is 42.4 Å². The van der Waals surface area contributed by atoms with Crippen LogP contribution in [0, 0.1) is 0 Å². The molecular formula is C14H11ClN2O2S. The van der Waals surface area contributed by atoms with Crippen molar-refractivity contribution in [3.05, 3.63) is 47.1 Å². The summed E-state index contributed by atoms with van der Waals surface area (Å²) < 4.78 is 5.76. The first-order valence-corrected chi connectivity index (χ1v) is 7.72. The van der Waals surface area contributed by atoms with E-state index in [1.54, 1.807) is 40.9 Å². The highest BCUT2D eigenvalue weighted by Gasteiger charge is 2.28. The molecule has 0 fully saturated rings. The van der Waals surface area contributed by atoms with Gasteiger partial charge in [-0.2, -0.15) is 4.98 Å². The number of hydrogen-bond acceptors (Lipinski definition) is 4. The van der Waals surface area contributed by atoms with Gasteiger partial charge in [0.25, 0.3) is 5.91 Å². The van der Waals surface area contributed by atoms with E-state index >= 15 is 0 Å². The summed E-state index contributed by atoms with van der Waals surface area (Å²) in [6.45, 7) is 0. The Morgan fingerprint density at radius 2 is 2.10 bits per heavy atom. The molecular weight excluding hydrogens is 296 g/mol. The van der Waals surface area contributed by atoms with Crippen LogP contribution in [-0.2, 0) is 0 Å². The van der Waals surface area contributed by atoms with E-state index in [-0.39, 0.29) is 5.91 Å². The van der Waals surface area contributed by atoms with Crippen LogP contribution >= 0.6 is 23.4 Å². The SMILES string of the molecule is CSCN1C(=O)c2ccccc2Oc2nc(Cl)ccc21. The number of nitrogens with zero attached hydrogens (tertiary/aromatic N) is 2. The summed E-state index contributed by atoms with van der Waals surface area (Å²) in [5.74, 6) is 1.27. The summed E-state index contributed by atoms with van der Waals surface area (Å²) in [7, 11) is 0. The van der Waals surface area contributed by atoms with Gasteiger partial charge in [-0.1, -0.05) is 23.7 Å². The molecule has 1 amide bonds. The molecule has 1 aromatic carbocycles. The molecule has 102 valence electrons. The number of thioether (sulfide) groups is 1. The number of carbonyl (C=O) groups excluding carboxylic acids is 1. The van der Waals surface area contributed by atoms with E-state index < -0.39 is 0 Å². The van der Waals surface area contributed by atoms with Crippen molar-refractivity contribution in [2.75, 3.05) is 17.0 Å². The minimum atomic E-state index is -0.0992. The first-order valence-electron chi connectivity index (χ1n) is 5.95. The maximum atomic E-state index is 12.6. The highest BCUT2D eigenvalue weighted by molar-refractivity contribution is 7.98. The number of hydrogen-bond donors (Lipinski definition) is 0. The van der Waals surface area contributed by atoms with Crippen molar-refractivity contribution in [3.63, 3.8) is 0 Å². The molecule has 1 aromatic heterocycles. The maximum Gasteiger partial charge on any atom is 0.262 e. The normalized spacial score (nSPS) is 13.3. The minimum absolute atomic E-state index is 0.0992. The number of fused-ring (bicyclic) bond motifs is 2. The number of benzene rings is 1. The molecule has 4 nitrogen and oxygen atoms in total. The number of ether oxygens (including phenoxy) is 1. The minimum Gasteiger partial charge on any atom is -0.436 e. The molecule has 0 saturated carbocycles. The first kappa shape index (κ1) is 13.3. The second-order valence-electron chi connectivity index (χ2n) is 4.21. The highest BCUT2D eigenvalue weighted by atomic mass is 35.5. The summed E-state index contributed by atoms with van der Waals surface area (Å²) in [5, 5.41) is 0.333. The van der Waals surface area contributed by atoms with E-state index in [1.165, 1.54) is 0 Å². The van der Waals surface area contributed by atoms with Crippen molar-refractivity contribution in [1.82, 2.24) is 4.98 Å². The van der Waals surface area contributed by atoms with E-state index in [0.717, 1.165) is 0 Å². The Kier molecular flexibility index (Phi) is 3.54. The molecule has 1 aliphatic heterocycles. The zero-order valence-electron chi connectivity index (χ0n) is 10.7. The largest absolute Gasteiger partial charge is 0.436 e. The Morgan fingerprint density at radius 3 is 2.90 bits per heavy atom. The van der Waals surface area contributed by atoms with Gasteiger partial charge < -0.3 is 4.74 Å². The van der Waals surface area contributed by atoms with Crippen LogP contribution in [-0.4, -0.2) is 23.0 Å². The van der Waals surface area contributed by atoms with Crippen LogP contribution in [0.3, 0.4) is 0 Å². The van der Waals surface area contributed by atoms with E-state index in [0.29, 0.717) is 33.9 Å². The number of carbonyl (C=O) groups is 1. The van der Waals surface area contributed by atoms with Crippen molar-refractivity contribution < 1.29 is 9.53 Å². The van der Waals surface area contributed by atoms with E-state index in [9.17, 15) is 4.79 Å². The van der Waals surface area contributed by atoms with Crippen molar-refractivity contribution in [1.29, 1.82) is 0 Å². The van der Waals surface area contributed by atoms with Crippen molar-refractivity contribution in [2.45, 2.75) is 0 Å². The lowest BCUT2D eigenvalue weighted by atomic mass is 10.2. The monoisotopic (exact) mass is 306 g/mol. The van der Waals surface area contributed by atoms with Crippen LogP contribution in [0.5, 0.6) is 11.6 Å². The average molecular weight is 307 g/mol. The summed E-state index contributed by atoms with van der Waals surface area (Å²) in [5.41, 5.74) is 1.15.